The number of rotatable bonds is 6. The summed E-state index contributed by atoms with van der Waals surface area (Å²) < 4.78 is 7.83. The lowest BCUT2D eigenvalue weighted by molar-refractivity contribution is 0.292. The summed E-state index contributed by atoms with van der Waals surface area (Å²) in [5.74, 6) is 0.897. The maximum Gasteiger partial charge on any atom is 0.130 e. The molecule has 0 saturated heterocycles. The van der Waals surface area contributed by atoms with Gasteiger partial charge in [0.2, 0.25) is 0 Å². The molecule has 1 aromatic heterocycles. The van der Waals surface area contributed by atoms with Crippen molar-refractivity contribution in [3.8, 4) is 5.75 Å². The van der Waals surface area contributed by atoms with E-state index in [1.54, 1.807) is 0 Å². The highest BCUT2D eigenvalue weighted by atomic mass is 16.5. The van der Waals surface area contributed by atoms with E-state index in [0.717, 1.165) is 30.2 Å². The SMILES string of the molecule is CCn1nc(C)cc1COc1cccc(CNC)c1. The van der Waals surface area contributed by atoms with E-state index in [1.807, 2.05) is 30.8 Å². The maximum atomic E-state index is 5.85. The van der Waals surface area contributed by atoms with Crippen molar-refractivity contribution in [1.82, 2.24) is 15.1 Å². The predicted octanol–water partition coefficient (Wildman–Crippen LogP) is 2.51. The lowest BCUT2D eigenvalue weighted by Gasteiger charge is -2.09. The molecule has 0 aliphatic carbocycles. The molecule has 0 aliphatic rings. The second kappa shape index (κ2) is 6.38. The van der Waals surface area contributed by atoms with Crippen molar-refractivity contribution in [3.05, 3.63) is 47.3 Å². The number of hydrogen-bond acceptors (Lipinski definition) is 3. The molecular weight excluding hydrogens is 238 g/mol. The molecule has 4 heteroatoms. The second-order valence-corrected chi connectivity index (χ2v) is 4.56. The first-order chi connectivity index (χ1) is 9.22. The molecule has 2 aromatic rings. The molecule has 102 valence electrons. The second-order valence-electron chi connectivity index (χ2n) is 4.56. The highest BCUT2D eigenvalue weighted by Gasteiger charge is 2.05. The van der Waals surface area contributed by atoms with Gasteiger partial charge in [0.15, 0.2) is 0 Å². The van der Waals surface area contributed by atoms with Crippen molar-refractivity contribution >= 4 is 0 Å². The number of hydrogen-bond donors (Lipinski definition) is 1. The van der Waals surface area contributed by atoms with Gasteiger partial charge in [0, 0.05) is 13.1 Å². The number of aromatic nitrogens is 2. The van der Waals surface area contributed by atoms with Gasteiger partial charge in [-0.25, -0.2) is 0 Å². The minimum atomic E-state index is 0.553. The first-order valence-corrected chi connectivity index (χ1v) is 6.62. The summed E-state index contributed by atoms with van der Waals surface area (Å²) in [5.41, 5.74) is 3.36. The third-order valence-electron chi connectivity index (χ3n) is 2.95. The molecule has 0 aliphatic heterocycles. The summed E-state index contributed by atoms with van der Waals surface area (Å²) in [5, 5.41) is 7.55. The van der Waals surface area contributed by atoms with Crippen molar-refractivity contribution in [3.63, 3.8) is 0 Å². The Morgan fingerprint density at radius 1 is 1.32 bits per heavy atom. The Morgan fingerprint density at radius 3 is 2.89 bits per heavy atom. The van der Waals surface area contributed by atoms with Crippen LogP contribution in [0.25, 0.3) is 0 Å². The van der Waals surface area contributed by atoms with Crippen LogP contribution in [0, 0.1) is 6.92 Å². The van der Waals surface area contributed by atoms with Crippen LogP contribution in [0.3, 0.4) is 0 Å². The predicted molar refractivity (Wildman–Crippen MR) is 76.2 cm³/mol. The van der Waals surface area contributed by atoms with Gasteiger partial charge in [-0.05, 0) is 44.7 Å². The molecule has 0 fully saturated rings. The van der Waals surface area contributed by atoms with Crippen LogP contribution in [0.4, 0.5) is 0 Å². The minimum absolute atomic E-state index is 0.553. The van der Waals surface area contributed by atoms with Crippen LogP contribution in [0.15, 0.2) is 30.3 Å². The summed E-state index contributed by atoms with van der Waals surface area (Å²) in [6.45, 7) is 6.36. The van der Waals surface area contributed by atoms with Crippen molar-refractivity contribution in [2.75, 3.05) is 7.05 Å². The lowest BCUT2D eigenvalue weighted by Crippen LogP contribution is -2.07. The van der Waals surface area contributed by atoms with E-state index in [2.05, 4.69) is 35.5 Å². The Balaban J connectivity index is 2.03. The van der Waals surface area contributed by atoms with Crippen LogP contribution >= 0.6 is 0 Å². The molecule has 19 heavy (non-hydrogen) atoms. The number of nitrogens with zero attached hydrogens (tertiary/aromatic N) is 2. The van der Waals surface area contributed by atoms with Gasteiger partial charge in [0.05, 0.1) is 11.4 Å². The molecule has 1 heterocycles. The summed E-state index contributed by atoms with van der Waals surface area (Å²) in [6.07, 6.45) is 0. The quantitative estimate of drug-likeness (QED) is 0.866. The number of nitrogens with one attached hydrogen (secondary N) is 1. The third-order valence-corrected chi connectivity index (χ3v) is 2.95. The number of ether oxygens (including phenoxy) is 1. The topological polar surface area (TPSA) is 39.1 Å². The van der Waals surface area contributed by atoms with Gasteiger partial charge < -0.3 is 10.1 Å². The molecule has 1 N–H and O–H groups in total. The van der Waals surface area contributed by atoms with E-state index < -0.39 is 0 Å². The molecule has 0 unspecified atom stereocenters. The summed E-state index contributed by atoms with van der Waals surface area (Å²) in [4.78, 5) is 0. The molecule has 0 spiro atoms. The molecular formula is C15H21N3O. The number of benzene rings is 1. The van der Waals surface area contributed by atoms with Crippen molar-refractivity contribution in [2.24, 2.45) is 0 Å². The van der Waals surface area contributed by atoms with E-state index >= 15 is 0 Å². The maximum absolute atomic E-state index is 5.85. The average molecular weight is 259 g/mol. The molecule has 0 radical (unpaired) electrons. The average Bonchev–Trinajstić information content (AvgIpc) is 2.78. The van der Waals surface area contributed by atoms with Gasteiger partial charge in [-0.2, -0.15) is 5.10 Å². The van der Waals surface area contributed by atoms with Crippen LogP contribution in [-0.4, -0.2) is 16.8 Å². The Bertz CT molecular complexity index is 534. The van der Waals surface area contributed by atoms with Gasteiger partial charge in [0.1, 0.15) is 12.4 Å². The summed E-state index contributed by atoms with van der Waals surface area (Å²) in [7, 11) is 1.94. The summed E-state index contributed by atoms with van der Waals surface area (Å²) >= 11 is 0. The Kier molecular flexibility index (Phi) is 4.58. The smallest absolute Gasteiger partial charge is 0.130 e. The molecule has 4 nitrogen and oxygen atoms in total. The largest absolute Gasteiger partial charge is 0.487 e. The van der Waals surface area contributed by atoms with Gasteiger partial charge in [-0.1, -0.05) is 12.1 Å². The van der Waals surface area contributed by atoms with Gasteiger partial charge in [-0.15, -0.1) is 0 Å². The Hall–Kier alpha value is -1.81. The van der Waals surface area contributed by atoms with Crippen molar-refractivity contribution in [2.45, 2.75) is 33.5 Å². The molecule has 2 rings (SSSR count). The highest BCUT2D eigenvalue weighted by Crippen LogP contribution is 2.15. The minimum Gasteiger partial charge on any atom is -0.487 e. The van der Waals surface area contributed by atoms with Crippen LogP contribution in [0.1, 0.15) is 23.9 Å². The standard InChI is InChI=1S/C15H21N3O/c1-4-18-14(8-12(2)17-18)11-19-15-7-5-6-13(9-15)10-16-3/h5-9,16H,4,10-11H2,1-3H3. The first kappa shape index (κ1) is 13.6. The van der Waals surface area contributed by atoms with E-state index in [9.17, 15) is 0 Å². The van der Waals surface area contributed by atoms with E-state index in [-0.39, 0.29) is 0 Å². The third kappa shape index (κ3) is 3.58. The van der Waals surface area contributed by atoms with Crippen LogP contribution in [0.2, 0.25) is 0 Å². The molecule has 0 atom stereocenters. The Labute approximate surface area is 114 Å². The van der Waals surface area contributed by atoms with Gasteiger partial charge >= 0.3 is 0 Å². The Morgan fingerprint density at radius 2 is 2.16 bits per heavy atom. The molecule has 0 bridgehead atoms. The first-order valence-electron chi connectivity index (χ1n) is 6.62. The molecule has 0 saturated carbocycles. The van der Waals surface area contributed by atoms with Crippen molar-refractivity contribution < 1.29 is 4.74 Å². The fourth-order valence-corrected chi connectivity index (χ4v) is 2.10. The monoisotopic (exact) mass is 259 g/mol. The number of aryl methyl sites for hydroxylation is 2. The van der Waals surface area contributed by atoms with E-state index in [0.29, 0.717) is 6.61 Å². The fourth-order valence-electron chi connectivity index (χ4n) is 2.10. The normalized spacial score (nSPS) is 10.7. The van der Waals surface area contributed by atoms with Gasteiger partial charge in [-0.3, -0.25) is 4.68 Å². The lowest BCUT2D eigenvalue weighted by atomic mass is 10.2. The van der Waals surface area contributed by atoms with Crippen LogP contribution in [0.5, 0.6) is 5.75 Å². The van der Waals surface area contributed by atoms with Crippen molar-refractivity contribution in [1.29, 1.82) is 0 Å². The molecule has 1 aromatic carbocycles. The fraction of sp³-hybridized carbons (Fsp3) is 0.400. The zero-order valence-corrected chi connectivity index (χ0v) is 11.8. The van der Waals surface area contributed by atoms with Gasteiger partial charge in [0.25, 0.3) is 0 Å². The zero-order valence-electron chi connectivity index (χ0n) is 11.8. The van der Waals surface area contributed by atoms with Crippen LogP contribution in [-0.2, 0) is 19.7 Å². The van der Waals surface area contributed by atoms with Crippen LogP contribution < -0.4 is 10.1 Å². The van der Waals surface area contributed by atoms with E-state index in [4.69, 9.17) is 4.74 Å². The summed E-state index contributed by atoms with van der Waals surface area (Å²) in [6, 6.07) is 10.2. The zero-order chi connectivity index (χ0) is 13.7. The highest BCUT2D eigenvalue weighted by molar-refractivity contribution is 5.28. The van der Waals surface area contributed by atoms with E-state index in [1.165, 1.54) is 5.56 Å². The molecule has 0 amide bonds.